The van der Waals surface area contributed by atoms with Crippen molar-refractivity contribution < 1.29 is 9.53 Å². The summed E-state index contributed by atoms with van der Waals surface area (Å²) < 4.78 is 5.41. The van der Waals surface area contributed by atoms with Gasteiger partial charge in [-0.05, 0) is 31.2 Å². The first-order valence-electron chi connectivity index (χ1n) is 7.72. The summed E-state index contributed by atoms with van der Waals surface area (Å²) in [5.74, 6) is 0.934. The molecule has 0 saturated carbocycles. The van der Waals surface area contributed by atoms with Crippen molar-refractivity contribution in [2.75, 3.05) is 27.7 Å². The predicted octanol–water partition coefficient (Wildman–Crippen LogP) is 3.52. The average Bonchev–Trinajstić information content (AvgIpc) is 2.60. The van der Waals surface area contributed by atoms with Crippen LogP contribution in [0.4, 0.5) is 0 Å². The molecule has 0 radical (unpaired) electrons. The lowest BCUT2D eigenvalue weighted by Gasteiger charge is -2.25. The fourth-order valence-corrected chi connectivity index (χ4v) is 2.54. The van der Waals surface area contributed by atoms with Crippen molar-refractivity contribution in [1.82, 2.24) is 10.2 Å². The number of para-hydroxylation sites is 1. The Balaban J connectivity index is 0.00000288. The molecular weight excluding hydrogens is 324 g/mol. The van der Waals surface area contributed by atoms with Crippen molar-refractivity contribution in [2.45, 2.75) is 13.0 Å². The van der Waals surface area contributed by atoms with Crippen LogP contribution in [0.25, 0.3) is 11.1 Å². The van der Waals surface area contributed by atoms with Gasteiger partial charge in [0.15, 0.2) is 0 Å². The first-order chi connectivity index (χ1) is 11.1. The number of halogens is 1. The number of likely N-dealkylation sites (N-methyl/N-ethyl adjacent to an activating group) is 2. The van der Waals surface area contributed by atoms with Crippen molar-refractivity contribution in [1.29, 1.82) is 0 Å². The van der Waals surface area contributed by atoms with Crippen molar-refractivity contribution in [2.24, 2.45) is 0 Å². The number of carbonyl (C=O) groups excluding carboxylic acids is 1. The Hall–Kier alpha value is -2.04. The van der Waals surface area contributed by atoms with E-state index >= 15 is 0 Å². The van der Waals surface area contributed by atoms with Crippen LogP contribution in [0.15, 0.2) is 48.5 Å². The lowest BCUT2D eigenvalue weighted by Crippen LogP contribution is -2.35. The molecule has 2 aromatic rings. The molecule has 0 fully saturated rings. The summed E-state index contributed by atoms with van der Waals surface area (Å²) >= 11 is 0. The lowest BCUT2D eigenvalue weighted by atomic mass is 10.00. The molecule has 1 amide bonds. The van der Waals surface area contributed by atoms with Crippen LogP contribution in [0.3, 0.4) is 0 Å². The molecule has 5 heteroatoms. The highest BCUT2D eigenvalue weighted by molar-refractivity contribution is 5.85. The van der Waals surface area contributed by atoms with Gasteiger partial charge in [0.25, 0.3) is 0 Å². The van der Waals surface area contributed by atoms with Gasteiger partial charge in [-0.1, -0.05) is 42.5 Å². The van der Waals surface area contributed by atoms with E-state index in [1.54, 1.807) is 19.1 Å². The van der Waals surface area contributed by atoms with E-state index in [2.05, 4.69) is 29.6 Å². The third kappa shape index (κ3) is 4.49. The van der Waals surface area contributed by atoms with Crippen LogP contribution >= 0.6 is 12.4 Å². The second kappa shape index (κ2) is 9.30. The zero-order valence-corrected chi connectivity index (χ0v) is 15.4. The molecule has 0 heterocycles. The maximum absolute atomic E-state index is 12.0. The van der Waals surface area contributed by atoms with Crippen molar-refractivity contribution in [3.63, 3.8) is 0 Å². The first kappa shape index (κ1) is 20.0. The van der Waals surface area contributed by atoms with Gasteiger partial charge in [0.05, 0.1) is 19.7 Å². The van der Waals surface area contributed by atoms with Gasteiger partial charge in [0, 0.05) is 12.6 Å². The van der Waals surface area contributed by atoms with Crippen LogP contribution in [0.1, 0.15) is 18.5 Å². The van der Waals surface area contributed by atoms with Gasteiger partial charge in [0.1, 0.15) is 5.75 Å². The molecule has 0 aliphatic rings. The maximum atomic E-state index is 12.0. The molecule has 0 bridgehead atoms. The summed E-state index contributed by atoms with van der Waals surface area (Å²) in [6.07, 6.45) is 0. The first-order valence-corrected chi connectivity index (χ1v) is 7.72. The number of benzene rings is 2. The number of methoxy groups -OCH3 is 1. The highest BCUT2D eigenvalue weighted by Crippen LogP contribution is 2.30. The zero-order valence-electron chi connectivity index (χ0n) is 14.6. The van der Waals surface area contributed by atoms with E-state index in [0.717, 1.165) is 22.4 Å². The molecule has 2 rings (SSSR count). The van der Waals surface area contributed by atoms with E-state index in [4.69, 9.17) is 4.74 Å². The highest BCUT2D eigenvalue weighted by Gasteiger charge is 2.16. The minimum absolute atomic E-state index is 0. The maximum Gasteiger partial charge on any atom is 0.236 e. The summed E-state index contributed by atoms with van der Waals surface area (Å²) in [6.45, 7) is 2.38. The van der Waals surface area contributed by atoms with Gasteiger partial charge in [0.2, 0.25) is 5.91 Å². The van der Waals surface area contributed by atoms with Gasteiger partial charge in [-0.25, -0.2) is 0 Å². The minimum atomic E-state index is 0. The molecule has 1 unspecified atom stereocenters. The molecular formula is C19H25ClN2O2. The number of rotatable bonds is 6. The monoisotopic (exact) mass is 348 g/mol. The molecule has 2 aromatic carbocycles. The molecule has 24 heavy (non-hydrogen) atoms. The Labute approximate surface area is 150 Å². The predicted molar refractivity (Wildman–Crippen MR) is 101 cm³/mol. The van der Waals surface area contributed by atoms with E-state index in [9.17, 15) is 4.79 Å². The Kier molecular flexibility index (Phi) is 7.75. The lowest BCUT2D eigenvalue weighted by molar-refractivity contribution is -0.130. The van der Waals surface area contributed by atoms with Crippen LogP contribution in [-0.4, -0.2) is 38.6 Å². The zero-order chi connectivity index (χ0) is 16.8. The smallest absolute Gasteiger partial charge is 0.236 e. The number of nitrogens with zero attached hydrogens (tertiary/aromatic N) is 1. The summed E-state index contributed by atoms with van der Waals surface area (Å²) in [4.78, 5) is 13.7. The Morgan fingerprint density at radius 3 is 2.38 bits per heavy atom. The van der Waals surface area contributed by atoms with E-state index in [1.165, 1.54) is 0 Å². The van der Waals surface area contributed by atoms with Crippen LogP contribution < -0.4 is 10.1 Å². The topological polar surface area (TPSA) is 41.6 Å². The molecule has 0 spiro atoms. The normalized spacial score (nSPS) is 11.3. The van der Waals surface area contributed by atoms with Gasteiger partial charge >= 0.3 is 0 Å². The molecule has 1 N–H and O–H groups in total. The van der Waals surface area contributed by atoms with Gasteiger partial charge in [-0.2, -0.15) is 0 Å². The number of amides is 1. The molecule has 0 aliphatic heterocycles. The number of nitrogens with one attached hydrogen (secondary N) is 1. The van der Waals surface area contributed by atoms with E-state index < -0.39 is 0 Å². The molecule has 0 aromatic heterocycles. The second-order valence-electron chi connectivity index (χ2n) is 5.53. The average molecular weight is 349 g/mol. The number of hydrogen-bond donors (Lipinski definition) is 1. The second-order valence-corrected chi connectivity index (χ2v) is 5.53. The number of ether oxygens (including phenoxy) is 1. The van der Waals surface area contributed by atoms with Crippen LogP contribution in [0, 0.1) is 0 Å². The van der Waals surface area contributed by atoms with Crippen LogP contribution in [-0.2, 0) is 4.79 Å². The summed E-state index contributed by atoms with van der Waals surface area (Å²) in [5.41, 5.74) is 3.27. The highest BCUT2D eigenvalue weighted by atomic mass is 35.5. The quantitative estimate of drug-likeness (QED) is 0.868. The molecule has 130 valence electrons. The van der Waals surface area contributed by atoms with Crippen molar-refractivity contribution in [3.8, 4) is 16.9 Å². The van der Waals surface area contributed by atoms with E-state index in [0.29, 0.717) is 6.54 Å². The van der Waals surface area contributed by atoms with Gasteiger partial charge in [-0.3, -0.25) is 4.79 Å². The molecule has 0 aliphatic carbocycles. The standard InChI is InChI=1S/C19H24N2O2.ClH/c1-14(21(3)19(22)13-20-2)15-9-11-16(12-10-15)17-7-5-6-8-18(17)23-4;/h5-12,14,20H,13H2,1-4H3;1H. The number of carbonyl (C=O) groups is 1. The van der Waals surface area contributed by atoms with Crippen molar-refractivity contribution in [3.05, 3.63) is 54.1 Å². The fourth-order valence-electron chi connectivity index (χ4n) is 2.54. The van der Waals surface area contributed by atoms with Crippen LogP contribution in [0.2, 0.25) is 0 Å². The van der Waals surface area contributed by atoms with Crippen molar-refractivity contribution >= 4 is 18.3 Å². The van der Waals surface area contributed by atoms with Crippen LogP contribution in [0.5, 0.6) is 5.75 Å². The minimum Gasteiger partial charge on any atom is -0.496 e. The molecule has 0 saturated heterocycles. The largest absolute Gasteiger partial charge is 0.496 e. The fraction of sp³-hybridized carbons (Fsp3) is 0.316. The number of hydrogen-bond acceptors (Lipinski definition) is 3. The van der Waals surface area contributed by atoms with Gasteiger partial charge in [-0.15, -0.1) is 12.4 Å². The Morgan fingerprint density at radius 2 is 1.79 bits per heavy atom. The third-order valence-corrected chi connectivity index (χ3v) is 4.11. The Morgan fingerprint density at radius 1 is 1.17 bits per heavy atom. The molecule has 4 nitrogen and oxygen atoms in total. The SMILES string of the molecule is CNCC(=O)N(C)C(C)c1ccc(-c2ccccc2OC)cc1.Cl. The summed E-state index contributed by atoms with van der Waals surface area (Å²) in [7, 11) is 5.29. The van der Waals surface area contributed by atoms with E-state index in [-0.39, 0.29) is 24.4 Å². The third-order valence-electron chi connectivity index (χ3n) is 4.11. The van der Waals surface area contributed by atoms with E-state index in [1.807, 2.05) is 38.2 Å². The molecule has 1 atom stereocenters. The summed E-state index contributed by atoms with van der Waals surface area (Å²) in [5, 5.41) is 2.89. The summed E-state index contributed by atoms with van der Waals surface area (Å²) in [6, 6.07) is 16.3. The Bertz CT molecular complexity index is 659. The van der Waals surface area contributed by atoms with Gasteiger partial charge < -0.3 is 15.0 Å².